The molecule has 0 spiro atoms. The van der Waals surface area contributed by atoms with Crippen LogP contribution in [0.3, 0.4) is 0 Å². The minimum Gasteiger partial charge on any atom is -0.342 e. The predicted octanol–water partition coefficient (Wildman–Crippen LogP) is 1.62. The van der Waals surface area contributed by atoms with E-state index in [1.54, 1.807) is 6.92 Å². The number of aromatic amines is 1. The van der Waals surface area contributed by atoms with Crippen molar-refractivity contribution in [1.82, 2.24) is 14.9 Å². The Morgan fingerprint density at radius 1 is 1.40 bits per heavy atom. The Balaban J connectivity index is 1.70. The molecular formula is C15H20N4O. The van der Waals surface area contributed by atoms with Crippen molar-refractivity contribution in [3.8, 4) is 0 Å². The molecule has 1 amide bonds. The molecule has 0 bridgehead atoms. The molecule has 1 saturated heterocycles. The number of fused-ring (bicyclic) bond motifs is 1. The second-order valence-electron chi connectivity index (χ2n) is 5.53. The zero-order valence-corrected chi connectivity index (χ0v) is 11.7. The number of carbonyl (C=O) groups excluding carboxylic acids is 1. The van der Waals surface area contributed by atoms with Gasteiger partial charge in [0.1, 0.15) is 5.82 Å². The molecular weight excluding hydrogens is 252 g/mol. The molecule has 1 aromatic carbocycles. The molecule has 2 aromatic rings. The van der Waals surface area contributed by atoms with E-state index in [0.29, 0.717) is 5.92 Å². The van der Waals surface area contributed by atoms with Crippen LogP contribution in [0.4, 0.5) is 0 Å². The lowest BCUT2D eigenvalue weighted by molar-refractivity contribution is -0.133. The summed E-state index contributed by atoms with van der Waals surface area (Å²) in [7, 11) is 0. The van der Waals surface area contributed by atoms with E-state index < -0.39 is 6.04 Å². The summed E-state index contributed by atoms with van der Waals surface area (Å²) in [5, 5.41) is 0. The van der Waals surface area contributed by atoms with E-state index in [1.807, 2.05) is 29.2 Å². The van der Waals surface area contributed by atoms with E-state index in [2.05, 4.69) is 9.97 Å². The first kappa shape index (κ1) is 13.1. The number of H-pyrrole nitrogens is 1. The van der Waals surface area contributed by atoms with Crippen LogP contribution >= 0.6 is 0 Å². The number of carbonyl (C=O) groups is 1. The summed E-state index contributed by atoms with van der Waals surface area (Å²) in [6.45, 7) is 3.28. The number of hydrogen-bond donors (Lipinski definition) is 2. The van der Waals surface area contributed by atoms with Crippen molar-refractivity contribution in [3.63, 3.8) is 0 Å². The van der Waals surface area contributed by atoms with Crippen LogP contribution in [0, 0.1) is 0 Å². The molecule has 1 atom stereocenters. The first-order valence-corrected chi connectivity index (χ1v) is 7.14. The molecule has 1 unspecified atom stereocenters. The second kappa shape index (κ2) is 5.25. The number of nitrogens with zero attached hydrogens (tertiary/aromatic N) is 2. The second-order valence-corrected chi connectivity index (χ2v) is 5.53. The quantitative estimate of drug-likeness (QED) is 0.872. The Labute approximate surface area is 118 Å². The molecule has 3 rings (SSSR count). The molecule has 1 aromatic heterocycles. The van der Waals surface area contributed by atoms with Gasteiger partial charge in [0, 0.05) is 19.0 Å². The molecule has 0 aliphatic carbocycles. The number of imidazole rings is 1. The summed E-state index contributed by atoms with van der Waals surface area (Å²) in [6.07, 6.45) is 1.89. The average Bonchev–Trinajstić information content (AvgIpc) is 2.90. The molecule has 106 valence electrons. The highest BCUT2D eigenvalue weighted by Gasteiger charge is 2.26. The minimum absolute atomic E-state index is 0.0491. The van der Waals surface area contributed by atoms with E-state index in [1.165, 1.54) is 0 Å². The van der Waals surface area contributed by atoms with Crippen LogP contribution in [0.2, 0.25) is 0 Å². The predicted molar refractivity (Wildman–Crippen MR) is 78.3 cm³/mol. The van der Waals surface area contributed by atoms with Crippen molar-refractivity contribution >= 4 is 16.9 Å². The summed E-state index contributed by atoms with van der Waals surface area (Å²) in [4.78, 5) is 21.8. The van der Waals surface area contributed by atoms with Gasteiger partial charge in [0.05, 0.1) is 17.1 Å². The van der Waals surface area contributed by atoms with Gasteiger partial charge in [-0.05, 0) is 31.9 Å². The van der Waals surface area contributed by atoms with Crippen LogP contribution in [-0.2, 0) is 4.79 Å². The van der Waals surface area contributed by atoms with Gasteiger partial charge in [0.25, 0.3) is 0 Å². The van der Waals surface area contributed by atoms with Gasteiger partial charge in [-0.2, -0.15) is 0 Å². The largest absolute Gasteiger partial charge is 0.342 e. The van der Waals surface area contributed by atoms with Crippen molar-refractivity contribution < 1.29 is 4.79 Å². The van der Waals surface area contributed by atoms with Gasteiger partial charge in [-0.3, -0.25) is 4.79 Å². The number of amides is 1. The Morgan fingerprint density at radius 3 is 2.75 bits per heavy atom. The summed E-state index contributed by atoms with van der Waals surface area (Å²) < 4.78 is 0. The van der Waals surface area contributed by atoms with E-state index in [4.69, 9.17) is 5.73 Å². The number of para-hydroxylation sites is 2. The zero-order valence-electron chi connectivity index (χ0n) is 11.7. The number of benzene rings is 1. The third-order valence-electron chi connectivity index (χ3n) is 3.99. The molecule has 5 heteroatoms. The molecule has 3 N–H and O–H groups in total. The van der Waals surface area contributed by atoms with Crippen molar-refractivity contribution in [3.05, 3.63) is 30.1 Å². The van der Waals surface area contributed by atoms with E-state index in [0.717, 1.165) is 42.8 Å². The van der Waals surface area contributed by atoms with Gasteiger partial charge in [-0.1, -0.05) is 12.1 Å². The summed E-state index contributed by atoms with van der Waals surface area (Å²) in [5.74, 6) is 1.49. The SMILES string of the molecule is CC(N)C(=O)N1CCC(c2nc3ccccc3[nH]2)CC1. The van der Waals surface area contributed by atoms with E-state index in [-0.39, 0.29) is 5.91 Å². The normalized spacial score (nSPS) is 18.4. The Bertz CT molecular complexity index is 578. The van der Waals surface area contributed by atoms with Crippen molar-refractivity contribution in [2.75, 3.05) is 13.1 Å². The van der Waals surface area contributed by atoms with E-state index in [9.17, 15) is 4.79 Å². The van der Waals surface area contributed by atoms with Gasteiger partial charge in [0.15, 0.2) is 0 Å². The van der Waals surface area contributed by atoms with Gasteiger partial charge >= 0.3 is 0 Å². The van der Waals surface area contributed by atoms with Gasteiger partial charge < -0.3 is 15.6 Å². The topological polar surface area (TPSA) is 75.0 Å². The fourth-order valence-corrected chi connectivity index (χ4v) is 2.83. The fourth-order valence-electron chi connectivity index (χ4n) is 2.83. The maximum absolute atomic E-state index is 11.9. The van der Waals surface area contributed by atoms with Crippen molar-refractivity contribution in [1.29, 1.82) is 0 Å². The van der Waals surface area contributed by atoms with Crippen LogP contribution < -0.4 is 5.73 Å². The van der Waals surface area contributed by atoms with Crippen molar-refractivity contribution in [2.45, 2.75) is 31.7 Å². The van der Waals surface area contributed by atoms with Crippen LogP contribution in [0.25, 0.3) is 11.0 Å². The highest BCUT2D eigenvalue weighted by molar-refractivity contribution is 5.81. The zero-order chi connectivity index (χ0) is 14.1. The average molecular weight is 272 g/mol. The number of nitrogens with two attached hydrogens (primary N) is 1. The minimum atomic E-state index is -0.405. The third kappa shape index (κ3) is 2.41. The maximum Gasteiger partial charge on any atom is 0.239 e. The molecule has 5 nitrogen and oxygen atoms in total. The highest BCUT2D eigenvalue weighted by atomic mass is 16.2. The number of hydrogen-bond acceptors (Lipinski definition) is 3. The monoisotopic (exact) mass is 272 g/mol. The summed E-state index contributed by atoms with van der Waals surface area (Å²) in [5.41, 5.74) is 7.74. The standard InChI is InChI=1S/C15H20N4O/c1-10(16)15(20)19-8-6-11(7-9-19)14-17-12-4-2-3-5-13(12)18-14/h2-5,10-11H,6-9,16H2,1H3,(H,17,18). The molecule has 1 aliphatic heterocycles. The summed E-state index contributed by atoms with van der Waals surface area (Å²) >= 11 is 0. The number of rotatable bonds is 2. The van der Waals surface area contributed by atoms with E-state index >= 15 is 0 Å². The smallest absolute Gasteiger partial charge is 0.239 e. The number of likely N-dealkylation sites (tertiary alicyclic amines) is 1. The third-order valence-corrected chi connectivity index (χ3v) is 3.99. The molecule has 1 fully saturated rings. The Kier molecular flexibility index (Phi) is 3.44. The fraction of sp³-hybridized carbons (Fsp3) is 0.467. The first-order chi connectivity index (χ1) is 9.65. The Morgan fingerprint density at radius 2 is 2.10 bits per heavy atom. The summed E-state index contributed by atoms with van der Waals surface area (Å²) in [6, 6.07) is 7.66. The van der Waals surface area contributed by atoms with Crippen LogP contribution in [0.1, 0.15) is 31.5 Å². The molecule has 0 radical (unpaired) electrons. The number of nitrogens with one attached hydrogen (secondary N) is 1. The van der Waals surface area contributed by atoms with Gasteiger partial charge in [-0.25, -0.2) is 4.98 Å². The van der Waals surface area contributed by atoms with Crippen LogP contribution in [-0.4, -0.2) is 39.9 Å². The Hall–Kier alpha value is -1.88. The lowest BCUT2D eigenvalue weighted by atomic mass is 9.96. The molecule has 2 heterocycles. The molecule has 20 heavy (non-hydrogen) atoms. The maximum atomic E-state index is 11.9. The lowest BCUT2D eigenvalue weighted by Gasteiger charge is -2.32. The number of piperidine rings is 1. The molecule has 1 aliphatic rings. The van der Waals surface area contributed by atoms with Crippen LogP contribution in [0.15, 0.2) is 24.3 Å². The first-order valence-electron chi connectivity index (χ1n) is 7.14. The van der Waals surface area contributed by atoms with Crippen LogP contribution in [0.5, 0.6) is 0 Å². The van der Waals surface area contributed by atoms with Crippen molar-refractivity contribution in [2.24, 2.45) is 5.73 Å². The highest BCUT2D eigenvalue weighted by Crippen LogP contribution is 2.27. The van der Waals surface area contributed by atoms with Gasteiger partial charge in [0.2, 0.25) is 5.91 Å². The lowest BCUT2D eigenvalue weighted by Crippen LogP contribution is -2.45. The van der Waals surface area contributed by atoms with Gasteiger partial charge in [-0.15, -0.1) is 0 Å². The number of aromatic nitrogens is 2. The molecule has 0 saturated carbocycles.